The summed E-state index contributed by atoms with van der Waals surface area (Å²) < 4.78 is 24.1. The van der Waals surface area contributed by atoms with Gasteiger partial charge < -0.3 is 5.32 Å². The van der Waals surface area contributed by atoms with Gasteiger partial charge in [0.05, 0.1) is 11.9 Å². The molecule has 0 saturated carbocycles. The summed E-state index contributed by atoms with van der Waals surface area (Å²) in [6.07, 6.45) is 2.51. The second-order valence-electron chi connectivity index (χ2n) is 4.54. The third-order valence-corrected chi connectivity index (χ3v) is 6.17. The second-order valence-corrected chi connectivity index (χ2v) is 8.61. The number of rotatable bonds is 7. The standard InChI is InChI=1S/C11H16N6O3S3/c1-7-8(22-11(15-7)17(2)23(3,19)20)9(18)12-4-5-21-10-13-6-14-16-10/h6H,4-5H2,1-3H3,(H,12,18)(H,13,14,16). The number of aromatic amines is 1. The van der Waals surface area contributed by atoms with Crippen molar-refractivity contribution in [3.05, 3.63) is 16.9 Å². The molecule has 0 radical (unpaired) electrons. The number of thiazole rings is 1. The number of hydrogen-bond acceptors (Lipinski definition) is 8. The number of nitrogens with zero attached hydrogens (tertiary/aromatic N) is 4. The van der Waals surface area contributed by atoms with Gasteiger partial charge in [0.25, 0.3) is 5.91 Å². The Hall–Kier alpha value is -1.66. The Morgan fingerprint density at radius 3 is 2.87 bits per heavy atom. The predicted molar refractivity (Wildman–Crippen MR) is 89.5 cm³/mol. The van der Waals surface area contributed by atoms with Crippen molar-refractivity contribution in [3.63, 3.8) is 0 Å². The van der Waals surface area contributed by atoms with Gasteiger partial charge in [0.2, 0.25) is 10.0 Å². The van der Waals surface area contributed by atoms with Crippen molar-refractivity contribution >= 4 is 44.2 Å². The molecule has 126 valence electrons. The molecular weight excluding hydrogens is 360 g/mol. The maximum absolute atomic E-state index is 12.2. The molecule has 1 amide bonds. The fourth-order valence-electron chi connectivity index (χ4n) is 1.53. The van der Waals surface area contributed by atoms with Gasteiger partial charge in [-0.15, -0.1) is 0 Å². The highest BCUT2D eigenvalue weighted by atomic mass is 32.2. The molecule has 12 heteroatoms. The predicted octanol–water partition coefficient (Wildman–Crippen LogP) is 0.488. The van der Waals surface area contributed by atoms with Crippen LogP contribution in [0.3, 0.4) is 0 Å². The minimum absolute atomic E-state index is 0.270. The monoisotopic (exact) mass is 376 g/mol. The Morgan fingerprint density at radius 2 is 2.26 bits per heavy atom. The van der Waals surface area contributed by atoms with Gasteiger partial charge in [-0.1, -0.05) is 23.1 Å². The van der Waals surface area contributed by atoms with Crippen LogP contribution in [0.25, 0.3) is 0 Å². The van der Waals surface area contributed by atoms with Gasteiger partial charge in [-0.05, 0) is 6.92 Å². The van der Waals surface area contributed by atoms with Crippen LogP contribution in [0.1, 0.15) is 15.4 Å². The van der Waals surface area contributed by atoms with E-state index in [-0.39, 0.29) is 11.0 Å². The zero-order chi connectivity index (χ0) is 17.0. The van der Waals surface area contributed by atoms with E-state index in [9.17, 15) is 13.2 Å². The smallest absolute Gasteiger partial charge is 0.263 e. The number of H-pyrrole nitrogens is 1. The first kappa shape index (κ1) is 17.7. The van der Waals surface area contributed by atoms with E-state index in [1.807, 2.05) is 0 Å². The molecular formula is C11H16N6O3S3. The minimum Gasteiger partial charge on any atom is -0.350 e. The Bertz CT molecular complexity index is 771. The molecule has 0 fully saturated rings. The molecule has 2 N–H and O–H groups in total. The molecule has 2 aromatic rings. The highest BCUT2D eigenvalue weighted by molar-refractivity contribution is 7.99. The van der Waals surface area contributed by atoms with Crippen LogP contribution in [-0.4, -0.2) is 60.1 Å². The lowest BCUT2D eigenvalue weighted by Crippen LogP contribution is -2.25. The minimum atomic E-state index is -3.40. The quantitative estimate of drug-likeness (QED) is 0.533. The molecule has 23 heavy (non-hydrogen) atoms. The summed E-state index contributed by atoms with van der Waals surface area (Å²) in [5.74, 6) is 0.362. The average Bonchev–Trinajstić information content (AvgIpc) is 3.11. The van der Waals surface area contributed by atoms with Crippen LogP contribution < -0.4 is 9.62 Å². The first-order chi connectivity index (χ1) is 10.8. The van der Waals surface area contributed by atoms with Crippen molar-refractivity contribution < 1.29 is 13.2 Å². The SMILES string of the molecule is Cc1nc(N(C)S(C)(=O)=O)sc1C(=O)NCCSc1ncn[nH]1. The van der Waals surface area contributed by atoms with Gasteiger partial charge in [0.15, 0.2) is 10.3 Å². The molecule has 0 unspecified atom stereocenters. The lowest BCUT2D eigenvalue weighted by molar-refractivity contribution is 0.0959. The number of aromatic nitrogens is 4. The summed E-state index contributed by atoms with van der Waals surface area (Å²) in [5.41, 5.74) is 0.501. The van der Waals surface area contributed by atoms with E-state index in [1.165, 1.54) is 25.1 Å². The number of anilines is 1. The summed E-state index contributed by atoms with van der Waals surface area (Å²) in [6.45, 7) is 2.12. The first-order valence-electron chi connectivity index (χ1n) is 6.46. The van der Waals surface area contributed by atoms with E-state index in [2.05, 4.69) is 25.5 Å². The Balaban J connectivity index is 1.93. The normalized spacial score (nSPS) is 11.4. The molecule has 2 rings (SSSR count). The second kappa shape index (κ2) is 7.27. The third kappa shape index (κ3) is 4.65. The molecule has 0 aliphatic rings. The lowest BCUT2D eigenvalue weighted by Gasteiger charge is -2.11. The number of carbonyl (C=O) groups excluding carboxylic acids is 1. The van der Waals surface area contributed by atoms with Crippen molar-refractivity contribution in [2.75, 3.05) is 29.9 Å². The number of sulfonamides is 1. The van der Waals surface area contributed by atoms with Crippen molar-refractivity contribution in [2.24, 2.45) is 0 Å². The van der Waals surface area contributed by atoms with Crippen LogP contribution in [0.4, 0.5) is 5.13 Å². The van der Waals surface area contributed by atoms with Gasteiger partial charge in [-0.25, -0.2) is 22.7 Å². The van der Waals surface area contributed by atoms with Crippen molar-refractivity contribution in [2.45, 2.75) is 12.1 Å². The van der Waals surface area contributed by atoms with Crippen LogP contribution in [0.15, 0.2) is 11.5 Å². The van der Waals surface area contributed by atoms with E-state index in [0.717, 1.165) is 21.9 Å². The number of amides is 1. The van der Waals surface area contributed by atoms with E-state index >= 15 is 0 Å². The van der Waals surface area contributed by atoms with Gasteiger partial charge in [0, 0.05) is 19.3 Å². The van der Waals surface area contributed by atoms with Crippen molar-refractivity contribution in [3.8, 4) is 0 Å². The van der Waals surface area contributed by atoms with Crippen LogP contribution in [0, 0.1) is 6.92 Å². The third-order valence-electron chi connectivity index (χ3n) is 2.78. The lowest BCUT2D eigenvalue weighted by atomic mass is 10.4. The molecule has 0 aromatic carbocycles. The number of carbonyl (C=O) groups is 1. The molecule has 2 aromatic heterocycles. The van der Waals surface area contributed by atoms with Crippen LogP contribution in [-0.2, 0) is 10.0 Å². The van der Waals surface area contributed by atoms with Gasteiger partial charge in [0.1, 0.15) is 11.2 Å². The summed E-state index contributed by atoms with van der Waals surface area (Å²) in [5, 5.41) is 10.2. The molecule has 0 aliphatic heterocycles. The number of thioether (sulfide) groups is 1. The number of nitrogens with one attached hydrogen (secondary N) is 2. The first-order valence-corrected chi connectivity index (χ1v) is 10.1. The Morgan fingerprint density at radius 1 is 1.52 bits per heavy atom. The van der Waals surface area contributed by atoms with E-state index in [0.29, 0.717) is 28.0 Å². The summed E-state index contributed by atoms with van der Waals surface area (Å²) in [7, 11) is -2.00. The molecule has 0 bridgehead atoms. The molecule has 9 nitrogen and oxygen atoms in total. The average molecular weight is 376 g/mol. The van der Waals surface area contributed by atoms with Gasteiger partial charge >= 0.3 is 0 Å². The van der Waals surface area contributed by atoms with Crippen LogP contribution in [0.5, 0.6) is 0 Å². The maximum Gasteiger partial charge on any atom is 0.263 e. The van der Waals surface area contributed by atoms with Crippen LogP contribution in [0.2, 0.25) is 0 Å². The van der Waals surface area contributed by atoms with E-state index < -0.39 is 10.0 Å². The molecule has 0 spiro atoms. The molecule has 0 saturated heterocycles. The summed E-state index contributed by atoms with van der Waals surface area (Å²) in [6, 6.07) is 0. The Kier molecular flexibility index (Phi) is 5.59. The maximum atomic E-state index is 12.2. The van der Waals surface area contributed by atoms with E-state index in [1.54, 1.807) is 6.92 Å². The van der Waals surface area contributed by atoms with Gasteiger partial charge in [-0.3, -0.25) is 9.89 Å². The van der Waals surface area contributed by atoms with Crippen molar-refractivity contribution in [1.82, 2.24) is 25.5 Å². The van der Waals surface area contributed by atoms with Gasteiger partial charge in [-0.2, -0.15) is 5.10 Å². The molecule has 2 heterocycles. The Labute approximate surface area is 142 Å². The molecule has 0 aliphatic carbocycles. The highest BCUT2D eigenvalue weighted by Crippen LogP contribution is 2.26. The van der Waals surface area contributed by atoms with Crippen LogP contribution >= 0.6 is 23.1 Å². The molecule has 0 atom stereocenters. The zero-order valence-electron chi connectivity index (χ0n) is 12.7. The number of aryl methyl sites for hydroxylation is 1. The zero-order valence-corrected chi connectivity index (χ0v) is 15.2. The highest BCUT2D eigenvalue weighted by Gasteiger charge is 2.21. The topological polar surface area (TPSA) is 121 Å². The fraction of sp³-hybridized carbons (Fsp3) is 0.455. The van der Waals surface area contributed by atoms with Crippen molar-refractivity contribution in [1.29, 1.82) is 0 Å². The largest absolute Gasteiger partial charge is 0.350 e. The number of hydrogen-bond donors (Lipinski definition) is 2. The van der Waals surface area contributed by atoms with E-state index in [4.69, 9.17) is 0 Å². The summed E-state index contributed by atoms with van der Waals surface area (Å²) in [4.78, 5) is 20.7. The summed E-state index contributed by atoms with van der Waals surface area (Å²) >= 11 is 2.48. The fourth-order valence-corrected chi connectivity index (χ4v) is 3.86.